The van der Waals surface area contributed by atoms with Gasteiger partial charge in [0.05, 0.1) is 19.2 Å². The lowest BCUT2D eigenvalue weighted by atomic mass is 10.0. The molecule has 4 rings (SSSR count). The third-order valence-corrected chi connectivity index (χ3v) is 5.49. The molecule has 0 fully saturated rings. The fourth-order valence-electron chi connectivity index (χ4n) is 3.73. The monoisotopic (exact) mass is 462 g/mol. The number of methoxy groups -OCH3 is 1. The predicted molar refractivity (Wildman–Crippen MR) is 128 cm³/mol. The number of ether oxygens (including phenoxy) is 2. The van der Waals surface area contributed by atoms with E-state index in [9.17, 15) is 14.7 Å². The summed E-state index contributed by atoms with van der Waals surface area (Å²) in [7, 11) is 1.56. The molecule has 1 amide bonds. The summed E-state index contributed by atoms with van der Waals surface area (Å²) in [4.78, 5) is 25.2. The summed E-state index contributed by atoms with van der Waals surface area (Å²) in [6.45, 7) is 4.26. The molecule has 176 valence electrons. The third-order valence-electron chi connectivity index (χ3n) is 5.49. The van der Waals surface area contributed by atoms with E-state index >= 15 is 0 Å². The number of phenols is 1. The van der Waals surface area contributed by atoms with Crippen molar-refractivity contribution in [3.8, 4) is 28.4 Å². The first-order chi connectivity index (χ1) is 16.4. The minimum absolute atomic E-state index is 0.0413. The van der Waals surface area contributed by atoms with Gasteiger partial charge < -0.3 is 28.9 Å². The van der Waals surface area contributed by atoms with Gasteiger partial charge >= 0.3 is 0 Å². The molecule has 0 radical (unpaired) electrons. The van der Waals surface area contributed by atoms with Crippen molar-refractivity contribution in [2.24, 2.45) is 0 Å². The van der Waals surface area contributed by atoms with Crippen LogP contribution in [0, 0.1) is 0 Å². The van der Waals surface area contributed by atoms with E-state index in [0.29, 0.717) is 29.5 Å². The maximum atomic E-state index is 13.0. The zero-order valence-electron chi connectivity index (χ0n) is 19.2. The normalized spacial score (nSPS) is 11.1. The van der Waals surface area contributed by atoms with Crippen molar-refractivity contribution < 1.29 is 23.8 Å². The smallest absolute Gasteiger partial charge is 0.258 e. The van der Waals surface area contributed by atoms with E-state index in [1.807, 2.05) is 18.3 Å². The zero-order chi connectivity index (χ0) is 24.2. The number of aromatic hydroxyl groups is 1. The standard InChI is InChI=1S/C26H26N2O6/c1-16(2)28-10-4-5-18(28)13-27-24(30)15-33-20-11-22(29)25-23(12-20)34-14-21(26(25)31)17-6-8-19(32-3)9-7-17/h4-12,14,16,29H,13,15H2,1-3H3,(H,27,30). The maximum Gasteiger partial charge on any atom is 0.258 e. The van der Waals surface area contributed by atoms with Crippen molar-refractivity contribution in [1.82, 2.24) is 9.88 Å². The van der Waals surface area contributed by atoms with Crippen LogP contribution in [0.25, 0.3) is 22.1 Å². The number of amides is 1. The number of rotatable bonds is 8. The quantitative estimate of drug-likeness (QED) is 0.406. The van der Waals surface area contributed by atoms with Crippen molar-refractivity contribution in [2.45, 2.75) is 26.4 Å². The van der Waals surface area contributed by atoms with Crippen LogP contribution in [0.3, 0.4) is 0 Å². The number of nitrogens with one attached hydrogen (secondary N) is 1. The molecule has 0 aliphatic carbocycles. The molecule has 0 saturated heterocycles. The molecule has 0 unspecified atom stereocenters. The zero-order valence-corrected chi connectivity index (χ0v) is 19.2. The van der Waals surface area contributed by atoms with Gasteiger partial charge in [0.1, 0.15) is 34.5 Å². The van der Waals surface area contributed by atoms with E-state index in [1.165, 1.54) is 18.4 Å². The molecule has 2 aromatic carbocycles. The molecule has 0 saturated carbocycles. The molecular weight excluding hydrogens is 436 g/mol. The number of fused-ring (bicyclic) bond motifs is 1. The van der Waals surface area contributed by atoms with Gasteiger partial charge in [-0.1, -0.05) is 12.1 Å². The first kappa shape index (κ1) is 23.0. The molecule has 2 aromatic heterocycles. The number of nitrogens with zero attached hydrogens (tertiary/aromatic N) is 1. The van der Waals surface area contributed by atoms with Crippen LogP contribution >= 0.6 is 0 Å². The Labute approximate surface area is 196 Å². The number of phenolic OH excluding ortho intramolecular Hbond substituents is 1. The minimum atomic E-state index is -0.374. The van der Waals surface area contributed by atoms with Crippen LogP contribution in [0.4, 0.5) is 0 Å². The van der Waals surface area contributed by atoms with Crippen LogP contribution in [0.5, 0.6) is 17.2 Å². The largest absolute Gasteiger partial charge is 0.507 e. The van der Waals surface area contributed by atoms with E-state index < -0.39 is 0 Å². The van der Waals surface area contributed by atoms with Crippen LogP contribution in [0.2, 0.25) is 0 Å². The summed E-state index contributed by atoms with van der Waals surface area (Å²) < 4.78 is 18.4. The highest BCUT2D eigenvalue weighted by molar-refractivity contribution is 5.88. The highest BCUT2D eigenvalue weighted by atomic mass is 16.5. The van der Waals surface area contributed by atoms with Gasteiger partial charge in [0.25, 0.3) is 5.91 Å². The number of carbonyl (C=O) groups is 1. The highest BCUT2D eigenvalue weighted by Gasteiger charge is 2.15. The Morgan fingerprint density at radius 3 is 2.62 bits per heavy atom. The highest BCUT2D eigenvalue weighted by Crippen LogP contribution is 2.30. The lowest BCUT2D eigenvalue weighted by Gasteiger charge is -2.14. The average Bonchev–Trinajstić information content (AvgIpc) is 3.31. The summed E-state index contributed by atoms with van der Waals surface area (Å²) in [5, 5.41) is 13.4. The first-order valence-corrected chi connectivity index (χ1v) is 10.9. The topological polar surface area (TPSA) is 103 Å². The molecule has 0 aliphatic rings. The van der Waals surface area contributed by atoms with Crippen molar-refractivity contribution in [1.29, 1.82) is 0 Å². The van der Waals surface area contributed by atoms with E-state index in [0.717, 1.165) is 5.69 Å². The van der Waals surface area contributed by atoms with Gasteiger partial charge in [-0.2, -0.15) is 0 Å². The second-order valence-corrected chi connectivity index (χ2v) is 8.09. The Bertz CT molecular complexity index is 1370. The van der Waals surface area contributed by atoms with E-state index in [4.69, 9.17) is 13.9 Å². The molecule has 0 aliphatic heterocycles. The van der Waals surface area contributed by atoms with Gasteiger partial charge in [-0.15, -0.1) is 0 Å². The number of carbonyl (C=O) groups excluding carboxylic acids is 1. The van der Waals surface area contributed by atoms with Crippen LogP contribution in [-0.2, 0) is 11.3 Å². The Hall–Kier alpha value is -4.20. The van der Waals surface area contributed by atoms with Crippen molar-refractivity contribution in [3.05, 3.63) is 76.9 Å². The summed E-state index contributed by atoms with van der Waals surface area (Å²) in [5.41, 5.74) is 1.72. The molecule has 0 bridgehead atoms. The summed E-state index contributed by atoms with van der Waals surface area (Å²) >= 11 is 0. The molecular formula is C26H26N2O6. The Balaban J connectivity index is 1.47. The molecule has 34 heavy (non-hydrogen) atoms. The molecule has 8 heteroatoms. The molecule has 2 N–H and O–H groups in total. The summed E-state index contributed by atoms with van der Waals surface area (Å²) in [6.07, 6.45) is 3.31. The second kappa shape index (κ2) is 9.74. The van der Waals surface area contributed by atoms with Crippen molar-refractivity contribution in [2.75, 3.05) is 13.7 Å². The maximum absolute atomic E-state index is 13.0. The lowest BCUT2D eigenvalue weighted by Crippen LogP contribution is -2.29. The van der Waals surface area contributed by atoms with Crippen molar-refractivity contribution >= 4 is 16.9 Å². The second-order valence-electron chi connectivity index (χ2n) is 8.09. The predicted octanol–water partition coefficient (Wildman–Crippen LogP) is 4.25. The number of benzene rings is 2. The number of hydrogen-bond acceptors (Lipinski definition) is 6. The van der Waals surface area contributed by atoms with Crippen LogP contribution < -0.4 is 20.2 Å². The first-order valence-electron chi connectivity index (χ1n) is 10.9. The summed E-state index contributed by atoms with van der Waals surface area (Å²) in [5.74, 6) is 0.279. The van der Waals surface area contributed by atoms with E-state index in [2.05, 4.69) is 23.7 Å². The van der Waals surface area contributed by atoms with Gasteiger partial charge in [-0.25, -0.2) is 0 Å². The SMILES string of the molecule is COc1ccc(-c2coc3cc(OCC(=O)NCc4cccn4C(C)C)cc(O)c3c2=O)cc1. The Morgan fingerprint density at radius 1 is 1.15 bits per heavy atom. The molecule has 4 aromatic rings. The molecule has 2 heterocycles. The average molecular weight is 463 g/mol. The fraction of sp³-hybridized carbons (Fsp3) is 0.231. The van der Waals surface area contributed by atoms with E-state index in [1.54, 1.807) is 31.4 Å². The van der Waals surface area contributed by atoms with Crippen LogP contribution in [0.1, 0.15) is 25.6 Å². The van der Waals surface area contributed by atoms with Gasteiger partial charge in [0, 0.05) is 30.1 Å². The lowest BCUT2D eigenvalue weighted by molar-refractivity contribution is -0.123. The van der Waals surface area contributed by atoms with Gasteiger partial charge in [0.15, 0.2) is 6.61 Å². The van der Waals surface area contributed by atoms with Gasteiger partial charge in [-0.05, 0) is 43.7 Å². The Kier molecular flexibility index (Phi) is 6.58. The number of hydrogen-bond donors (Lipinski definition) is 2. The molecule has 0 spiro atoms. The minimum Gasteiger partial charge on any atom is -0.507 e. The van der Waals surface area contributed by atoms with Crippen LogP contribution in [0.15, 0.2) is 70.2 Å². The fourth-order valence-corrected chi connectivity index (χ4v) is 3.73. The molecule has 0 atom stereocenters. The van der Waals surface area contributed by atoms with Gasteiger partial charge in [0.2, 0.25) is 5.43 Å². The summed E-state index contributed by atoms with van der Waals surface area (Å²) in [6, 6.07) is 13.9. The Morgan fingerprint density at radius 2 is 1.91 bits per heavy atom. The third kappa shape index (κ3) is 4.76. The van der Waals surface area contributed by atoms with Crippen molar-refractivity contribution in [3.63, 3.8) is 0 Å². The van der Waals surface area contributed by atoms with E-state index in [-0.39, 0.29) is 40.4 Å². The van der Waals surface area contributed by atoms with Crippen LogP contribution in [-0.4, -0.2) is 29.3 Å². The molecule has 8 nitrogen and oxygen atoms in total. The van der Waals surface area contributed by atoms with Gasteiger partial charge in [-0.3, -0.25) is 9.59 Å². The number of aromatic nitrogens is 1.